The predicted octanol–water partition coefficient (Wildman–Crippen LogP) is 1.64. The molecule has 1 amide bonds. The third kappa shape index (κ3) is 1.37. The minimum Gasteiger partial charge on any atom is -0.345 e. The maximum Gasteiger partial charge on any atom is 0.254 e. The van der Waals surface area contributed by atoms with Crippen molar-refractivity contribution in [3.63, 3.8) is 0 Å². The predicted molar refractivity (Wildman–Crippen MR) is 55.4 cm³/mol. The van der Waals surface area contributed by atoms with Gasteiger partial charge in [0, 0.05) is 32.0 Å². The molecule has 14 heavy (non-hydrogen) atoms. The molecule has 0 bridgehead atoms. The van der Waals surface area contributed by atoms with Gasteiger partial charge >= 0.3 is 0 Å². The molecule has 0 unspecified atom stereocenters. The van der Waals surface area contributed by atoms with Gasteiger partial charge in [0.1, 0.15) is 0 Å². The first kappa shape index (κ1) is 8.81. The first-order chi connectivity index (χ1) is 6.68. The molecule has 0 N–H and O–H groups in total. The van der Waals surface area contributed by atoms with Crippen molar-refractivity contribution in [2.24, 2.45) is 0 Å². The topological polar surface area (TPSA) is 24.7 Å². The van der Waals surface area contributed by atoms with Crippen LogP contribution in [-0.2, 0) is 0 Å². The lowest BCUT2D eigenvalue weighted by Crippen LogP contribution is -2.20. The lowest BCUT2D eigenvalue weighted by molar-refractivity contribution is 0.0828. The number of rotatable bonds is 1. The van der Waals surface area contributed by atoms with Crippen LogP contribution in [0.5, 0.6) is 0 Å². The third-order valence-corrected chi connectivity index (χ3v) is 2.16. The largest absolute Gasteiger partial charge is 0.345 e. The summed E-state index contributed by atoms with van der Waals surface area (Å²) in [5.41, 5.74) is 1.76. The van der Waals surface area contributed by atoms with Crippen LogP contribution in [0.25, 0.3) is 5.52 Å². The van der Waals surface area contributed by atoms with Crippen LogP contribution in [0.2, 0.25) is 0 Å². The first-order valence-corrected chi connectivity index (χ1v) is 4.47. The van der Waals surface area contributed by atoms with Crippen molar-refractivity contribution in [3.05, 3.63) is 42.2 Å². The van der Waals surface area contributed by atoms with Gasteiger partial charge in [0.2, 0.25) is 0 Å². The second kappa shape index (κ2) is 3.18. The normalized spacial score (nSPS) is 10.4. The molecule has 0 saturated heterocycles. The highest BCUT2D eigenvalue weighted by Gasteiger charge is 2.09. The second-order valence-corrected chi connectivity index (χ2v) is 3.46. The number of aromatic nitrogens is 1. The number of fused-ring (bicyclic) bond motifs is 1. The number of amides is 1. The van der Waals surface area contributed by atoms with Gasteiger partial charge in [-0.25, -0.2) is 0 Å². The Balaban J connectivity index is 2.50. The van der Waals surface area contributed by atoms with Gasteiger partial charge in [-0.05, 0) is 18.2 Å². The Labute approximate surface area is 82.6 Å². The van der Waals surface area contributed by atoms with Gasteiger partial charge in [-0.1, -0.05) is 6.07 Å². The van der Waals surface area contributed by atoms with Crippen molar-refractivity contribution >= 4 is 11.4 Å². The molecule has 0 aliphatic carbocycles. The summed E-state index contributed by atoms with van der Waals surface area (Å²) < 4.78 is 1.94. The molecular weight excluding hydrogens is 176 g/mol. The molecule has 0 aromatic carbocycles. The zero-order chi connectivity index (χ0) is 10.1. The summed E-state index contributed by atoms with van der Waals surface area (Å²) in [5, 5.41) is 0. The van der Waals surface area contributed by atoms with Gasteiger partial charge in [-0.2, -0.15) is 0 Å². The smallest absolute Gasteiger partial charge is 0.254 e. The third-order valence-electron chi connectivity index (χ3n) is 2.16. The van der Waals surface area contributed by atoms with E-state index in [1.807, 2.05) is 41.1 Å². The lowest BCUT2D eigenvalue weighted by Gasteiger charge is -2.07. The van der Waals surface area contributed by atoms with E-state index < -0.39 is 0 Å². The van der Waals surface area contributed by atoms with Crippen LogP contribution in [0, 0.1) is 0 Å². The van der Waals surface area contributed by atoms with E-state index in [9.17, 15) is 4.79 Å². The monoisotopic (exact) mass is 188 g/mol. The molecule has 0 saturated carbocycles. The SMILES string of the molecule is CN(C)C(=O)c1cc2ccccn2c1. The quantitative estimate of drug-likeness (QED) is 0.667. The summed E-state index contributed by atoms with van der Waals surface area (Å²) >= 11 is 0. The Bertz CT molecular complexity index is 438. The van der Waals surface area contributed by atoms with E-state index in [1.165, 1.54) is 0 Å². The molecule has 2 rings (SSSR count). The van der Waals surface area contributed by atoms with Crippen molar-refractivity contribution in [1.82, 2.24) is 9.30 Å². The molecule has 2 heterocycles. The zero-order valence-electron chi connectivity index (χ0n) is 8.27. The van der Waals surface area contributed by atoms with Crippen LogP contribution in [0.15, 0.2) is 36.7 Å². The molecule has 0 radical (unpaired) electrons. The van der Waals surface area contributed by atoms with Crippen LogP contribution in [0.3, 0.4) is 0 Å². The standard InChI is InChI=1S/C11H12N2O/c1-12(2)11(14)9-7-10-5-3-4-6-13(10)8-9/h3-8H,1-2H3. The fourth-order valence-electron chi connectivity index (χ4n) is 1.43. The van der Waals surface area contributed by atoms with Gasteiger partial charge in [-0.15, -0.1) is 0 Å². The summed E-state index contributed by atoms with van der Waals surface area (Å²) in [6, 6.07) is 7.77. The first-order valence-electron chi connectivity index (χ1n) is 4.47. The molecule has 72 valence electrons. The van der Waals surface area contributed by atoms with Crippen LogP contribution in [0.1, 0.15) is 10.4 Å². The van der Waals surface area contributed by atoms with E-state index in [2.05, 4.69) is 0 Å². The Morgan fingerprint density at radius 1 is 1.36 bits per heavy atom. The van der Waals surface area contributed by atoms with Gasteiger partial charge < -0.3 is 9.30 Å². The average Bonchev–Trinajstić information content (AvgIpc) is 2.59. The van der Waals surface area contributed by atoms with Gasteiger partial charge in [-0.3, -0.25) is 4.79 Å². The Hall–Kier alpha value is -1.77. The zero-order valence-corrected chi connectivity index (χ0v) is 8.27. The van der Waals surface area contributed by atoms with E-state index in [1.54, 1.807) is 19.0 Å². The number of hydrogen-bond acceptors (Lipinski definition) is 1. The molecule has 0 fully saturated rings. The number of carbonyl (C=O) groups excluding carboxylic acids is 1. The van der Waals surface area contributed by atoms with E-state index in [0.717, 1.165) is 11.1 Å². The Kier molecular flexibility index (Phi) is 2.00. The van der Waals surface area contributed by atoms with Gasteiger partial charge in [0.05, 0.1) is 5.56 Å². The average molecular weight is 188 g/mol. The maximum absolute atomic E-state index is 11.6. The van der Waals surface area contributed by atoms with Crippen molar-refractivity contribution in [1.29, 1.82) is 0 Å². The highest BCUT2D eigenvalue weighted by molar-refractivity contribution is 5.95. The van der Waals surface area contributed by atoms with Crippen LogP contribution in [-0.4, -0.2) is 29.3 Å². The van der Waals surface area contributed by atoms with Crippen LogP contribution < -0.4 is 0 Å². The van der Waals surface area contributed by atoms with Crippen molar-refractivity contribution < 1.29 is 4.79 Å². The molecule has 0 spiro atoms. The van der Waals surface area contributed by atoms with Crippen LogP contribution >= 0.6 is 0 Å². The van der Waals surface area contributed by atoms with Gasteiger partial charge in [0.15, 0.2) is 0 Å². The summed E-state index contributed by atoms with van der Waals surface area (Å²) in [6.45, 7) is 0. The highest BCUT2D eigenvalue weighted by atomic mass is 16.2. The summed E-state index contributed by atoms with van der Waals surface area (Å²) in [6.07, 6.45) is 3.78. The van der Waals surface area contributed by atoms with Crippen LogP contribution in [0.4, 0.5) is 0 Å². The van der Waals surface area contributed by atoms with E-state index in [0.29, 0.717) is 0 Å². The van der Waals surface area contributed by atoms with Gasteiger partial charge in [0.25, 0.3) is 5.91 Å². The van der Waals surface area contributed by atoms with Crippen molar-refractivity contribution in [2.45, 2.75) is 0 Å². The summed E-state index contributed by atoms with van der Waals surface area (Å²) in [7, 11) is 3.51. The molecule has 0 atom stereocenters. The minimum atomic E-state index is 0.0358. The minimum absolute atomic E-state index is 0.0358. The fraction of sp³-hybridized carbons (Fsp3) is 0.182. The Morgan fingerprint density at radius 2 is 2.14 bits per heavy atom. The number of hydrogen-bond donors (Lipinski definition) is 0. The molecule has 0 aliphatic rings. The molecule has 3 nitrogen and oxygen atoms in total. The van der Waals surface area contributed by atoms with Crippen molar-refractivity contribution in [3.8, 4) is 0 Å². The number of pyridine rings is 1. The van der Waals surface area contributed by atoms with E-state index in [-0.39, 0.29) is 5.91 Å². The maximum atomic E-state index is 11.6. The van der Waals surface area contributed by atoms with Crippen molar-refractivity contribution in [2.75, 3.05) is 14.1 Å². The fourth-order valence-corrected chi connectivity index (χ4v) is 1.43. The van der Waals surface area contributed by atoms with E-state index >= 15 is 0 Å². The lowest BCUT2D eigenvalue weighted by atomic mass is 10.3. The number of nitrogens with zero attached hydrogens (tertiary/aromatic N) is 2. The molecule has 0 aliphatic heterocycles. The molecule has 2 aromatic heterocycles. The molecular formula is C11H12N2O. The summed E-state index contributed by atoms with van der Waals surface area (Å²) in [5.74, 6) is 0.0358. The Morgan fingerprint density at radius 3 is 2.79 bits per heavy atom. The summed E-state index contributed by atoms with van der Waals surface area (Å²) in [4.78, 5) is 13.2. The second-order valence-electron chi connectivity index (χ2n) is 3.46. The van der Waals surface area contributed by atoms with E-state index in [4.69, 9.17) is 0 Å². The molecule has 2 aromatic rings. The highest BCUT2D eigenvalue weighted by Crippen LogP contribution is 2.10. The number of carbonyl (C=O) groups is 1. The molecule has 3 heteroatoms.